The monoisotopic (exact) mass is 388 g/mol. The fourth-order valence-corrected chi connectivity index (χ4v) is 3.25. The molecule has 27 heavy (non-hydrogen) atoms. The summed E-state index contributed by atoms with van der Waals surface area (Å²) in [5, 5.41) is 6.39. The standard InChI is InChI=1S/C19H28F4N4/c1-3-9-27-10-7-16(8-11-27)26-18(24-4-2)25-13-14-5-6-15(20)12-17(14)19(21,22)23/h5-6,12,16H,3-4,7-11,13H2,1-2H3,(H2,24,25,26). The summed E-state index contributed by atoms with van der Waals surface area (Å²) in [4.78, 5) is 6.71. The molecule has 1 heterocycles. The Balaban J connectivity index is 2.04. The zero-order valence-electron chi connectivity index (χ0n) is 15.9. The molecule has 0 amide bonds. The molecule has 0 unspecified atom stereocenters. The van der Waals surface area contributed by atoms with E-state index in [1.807, 2.05) is 6.92 Å². The van der Waals surface area contributed by atoms with Crippen LogP contribution in [0.1, 0.15) is 44.2 Å². The number of guanidine groups is 1. The topological polar surface area (TPSA) is 39.7 Å². The van der Waals surface area contributed by atoms with Crippen molar-refractivity contribution in [1.29, 1.82) is 0 Å². The van der Waals surface area contributed by atoms with Crippen LogP contribution < -0.4 is 10.6 Å². The smallest absolute Gasteiger partial charge is 0.357 e. The third-order valence-corrected chi connectivity index (χ3v) is 4.60. The van der Waals surface area contributed by atoms with E-state index in [2.05, 4.69) is 27.4 Å². The van der Waals surface area contributed by atoms with Crippen LogP contribution in [0.4, 0.5) is 17.6 Å². The van der Waals surface area contributed by atoms with Crippen molar-refractivity contribution in [2.24, 2.45) is 4.99 Å². The predicted octanol–water partition coefficient (Wildman–Crippen LogP) is 3.77. The van der Waals surface area contributed by atoms with Gasteiger partial charge in [-0.1, -0.05) is 13.0 Å². The minimum atomic E-state index is -4.61. The summed E-state index contributed by atoms with van der Waals surface area (Å²) < 4.78 is 52.6. The fourth-order valence-electron chi connectivity index (χ4n) is 3.25. The van der Waals surface area contributed by atoms with Crippen LogP contribution in [-0.4, -0.2) is 43.1 Å². The molecule has 0 saturated carbocycles. The van der Waals surface area contributed by atoms with Crippen LogP contribution in [0.3, 0.4) is 0 Å². The largest absolute Gasteiger partial charge is 0.416 e. The van der Waals surface area contributed by atoms with Crippen molar-refractivity contribution >= 4 is 5.96 Å². The van der Waals surface area contributed by atoms with Crippen molar-refractivity contribution in [2.75, 3.05) is 26.2 Å². The van der Waals surface area contributed by atoms with Gasteiger partial charge in [-0.25, -0.2) is 9.38 Å². The Labute approximate surface area is 158 Å². The van der Waals surface area contributed by atoms with Crippen molar-refractivity contribution < 1.29 is 17.6 Å². The molecule has 1 aromatic rings. The van der Waals surface area contributed by atoms with Gasteiger partial charge in [0.2, 0.25) is 0 Å². The second-order valence-electron chi connectivity index (χ2n) is 6.75. The van der Waals surface area contributed by atoms with Crippen LogP contribution in [-0.2, 0) is 12.7 Å². The van der Waals surface area contributed by atoms with E-state index in [4.69, 9.17) is 0 Å². The summed E-state index contributed by atoms with van der Waals surface area (Å²) >= 11 is 0. The highest BCUT2D eigenvalue weighted by Crippen LogP contribution is 2.32. The van der Waals surface area contributed by atoms with Crippen LogP contribution >= 0.6 is 0 Å². The Bertz CT molecular complexity index is 623. The first-order valence-corrected chi connectivity index (χ1v) is 9.46. The number of alkyl halides is 3. The van der Waals surface area contributed by atoms with Gasteiger partial charge in [-0.2, -0.15) is 13.2 Å². The lowest BCUT2D eigenvalue weighted by Crippen LogP contribution is -2.48. The van der Waals surface area contributed by atoms with Crippen molar-refractivity contribution in [3.8, 4) is 0 Å². The molecule has 0 atom stereocenters. The number of halogens is 4. The Morgan fingerprint density at radius 2 is 1.93 bits per heavy atom. The van der Waals surface area contributed by atoms with Gasteiger partial charge >= 0.3 is 6.18 Å². The lowest BCUT2D eigenvalue weighted by Gasteiger charge is -2.32. The lowest BCUT2D eigenvalue weighted by atomic mass is 10.1. The van der Waals surface area contributed by atoms with E-state index >= 15 is 0 Å². The van der Waals surface area contributed by atoms with Gasteiger partial charge in [0.15, 0.2) is 5.96 Å². The van der Waals surface area contributed by atoms with Gasteiger partial charge in [0.05, 0.1) is 12.1 Å². The number of nitrogens with zero attached hydrogens (tertiary/aromatic N) is 2. The molecule has 0 aliphatic carbocycles. The van der Waals surface area contributed by atoms with E-state index in [1.54, 1.807) is 0 Å². The van der Waals surface area contributed by atoms with Gasteiger partial charge in [0.25, 0.3) is 0 Å². The van der Waals surface area contributed by atoms with E-state index < -0.39 is 17.6 Å². The van der Waals surface area contributed by atoms with Gasteiger partial charge in [-0.05, 0) is 50.4 Å². The first-order chi connectivity index (χ1) is 12.8. The van der Waals surface area contributed by atoms with E-state index in [0.717, 1.165) is 51.0 Å². The number of piperidine rings is 1. The van der Waals surface area contributed by atoms with Crippen LogP contribution in [0.25, 0.3) is 0 Å². The zero-order valence-corrected chi connectivity index (χ0v) is 15.9. The Morgan fingerprint density at radius 3 is 2.52 bits per heavy atom. The highest BCUT2D eigenvalue weighted by Gasteiger charge is 2.33. The number of nitrogens with one attached hydrogen (secondary N) is 2. The van der Waals surface area contributed by atoms with Crippen LogP contribution in [0, 0.1) is 5.82 Å². The Morgan fingerprint density at radius 1 is 1.22 bits per heavy atom. The normalized spacial score (nSPS) is 17.2. The molecule has 1 fully saturated rings. The molecule has 2 N–H and O–H groups in total. The third kappa shape index (κ3) is 6.68. The maximum atomic E-state index is 13.2. The molecule has 0 aromatic heterocycles. The predicted molar refractivity (Wildman–Crippen MR) is 99.1 cm³/mol. The summed E-state index contributed by atoms with van der Waals surface area (Å²) in [7, 11) is 0. The van der Waals surface area contributed by atoms with Gasteiger partial charge < -0.3 is 15.5 Å². The maximum Gasteiger partial charge on any atom is 0.416 e. The van der Waals surface area contributed by atoms with Crippen LogP contribution in [0.2, 0.25) is 0 Å². The Hall–Kier alpha value is -1.83. The molecule has 1 aliphatic rings. The number of benzene rings is 1. The SMILES string of the molecule is CCCN1CCC(NC(=NCc2ccc(F)cc2C(F)(F)F)NCC)CC1. The highest BCUT2D eigenvalue weighted by molar-refractivity contribution is 5.80. The summed E-state index contributed by atoms with van der Waals surface area (Å²) in [5.74, 6) is -0.414. The van der Waals surface area contributed by atoms with Crippen LogP contribution in [0.5, 0.6) is 0 Å². The highest BCUT2D eigenvalue weighted by atomic mass is 19.4. The first kappa shape index (κ1) is 21.5. The average Bonchev–Trinajstić information content (AvgIpc) is 2.61. The number of hydrogen-bond donors (Lipinski definition) is 2. The van der Waals surface area contributed by atoms with E-state index in [0.29, 0.717) is 18.6 Å². The molecule has 8 heteroatoms. The van der Waals surface area contributed by atoms with E-state index in [1.165, 1.54) is 0 Å². The molecule has 1 aliphatic heterocycles. The number of hydrogen-bond acceptors (Lipinski definition) is 2. The lowest BCUT2D eigenvalue weighted by molar-refractivity contribution is -0.138. The number of aliphatic imine (C=N–C) groups is 1. The molecule has 1 saturated heterocycles. The van der Waals surface area contributed by atoms with Crippen molar-refractivity contribution in [3.05, 3.63) is 35.1 Å². The zero-order chi connectivity index (χ0) is 19.9. The molecule has 4 nitrogen and oxygen atoms in total. The summed E-state index contributed by atoms with van der Waals surface area (Å²) in [6.07, 6.45) is -1.55. The molecule has 0 spiro atoms. The van der Waals surface area contributed by atoms with Crippen LogP contribution in [0.15, 0.2) is 23.2 Å². The minimum absolute atomic E-state index is 0.0427. The second-order valence-corrected chi connectivity index (χ2v) is 6.75. The summed E-state index contributed by atoms with van der Waals surface area (Å²) in [6.45, 7) is 7.59. The summed E-state index contributed by atoms with van der Waals surface area (Å²) in [6, 6.07) is 2.94. The first-order valence-electron chi connectivity index (χ1n) is 9.46. The summed E-state index contributed by atoms with van der Waals surface area (Å²) in [5.41, 5.74) is -1.02. The minimum Gasteiger partial charge on any atom is -0.357 e. The maximum absolute atomic E-state index is 13.2. The molecular weight excluding hydrogens is 360 g/mol. The average molecular weight is 388 g/mol. The quantitative estimate of drug-likeness (QED) is 0.443. The van der Waals surface area contributed by atoms with Crippen molar-refractivity contribution in [2.45, 2.75) is 51.9 Å². The van der Waals surface area contributed by atoms with Crippen molar-refractivity contribution in [3.63, 3.8) is 0 Å². The second kappa shape index (κ2) is 9.92. The van der Waals surface area contributed by atoms with Gasteiger partial charge in [0.1, 0.15) is 5.82 Å². The molecule has 0 radical (unpaired) electrons. The Kier molecular flexibility index (Phi) is 7.89. The number of likely N-dealkylation sites (tertiary alicyclic amines) is 1. The van der Waals surface area contributed by atoms with Crippen molar-refractivity contribution in [1.82, 2.24) is 15.5 Å². The molecule has 1 aromatic carbocycles. The molecule has 0 bridgehead atoms. The van der Waals surface area contributed by atoms with Gasteiger partial charge in [-0.3, -0.25) is 0 Å². The molecular formula is C19H28F4N4. The molecule has 152 valence electrons. The van der Waals surface area contributed by atoms with Gasteiger partial charge in [-0.15, -0.1) is 0 Å². The van der Waals surface area contributed by atoms with E-state index in [-0.39, 0.29) is 18.2 Å². The van der Waals surface area contributed by atoms with E-state index in [9.17, 15) is 17.6 Å². The van der Waals surface area contributed by atoms with Gasteiger partial charge in [0, 0.05) is 25.7 Å². The third-order valence-electron chi connectivity index (χ3n) is 4.60. The molecule has 2 rings (SSSR count). The fraction of sp³-hybridized carbons (Fsp3) is 0.632. The number of rotatable bonds is 6.